The number of hydrogen-bond acceptors (Lipinski definition) is 4. The molecule has 3 aromatic rings. The molecule has 0 saturated carbocycles. The van der Waals surface area contributed by atoms with Crippen molar-refractivity contribution < 1.29 is 31.5 Å². The van der Waals surface area contributed by atoms with E-state index in [1.54, 1.807) is 30.3 Å². The average molecular weight is 581 g/mol. The Balaban J connectivity index is 2.09. The lowest BCUT2D eigenvalue weighted by Crippen LogP contribution is -2.52. The van der Waals surface area contributed by atoms with Gasteiger partial charge in [-0.3, -0.25) is 4.98 Å². The van der Waals surface area contributed by atoms with Crippen LogP contribution in [0.25, 0.3) is 0 Å². The van der Waals surface area contributed by atoms with E-state index in [-0.39, 0.29) is 29.2 Å². The fourth-order valence-electron chi connectivity index (χ4n) is 4.07. The summed E-state index contributed by atoms with van der Waals surface area (Å²) in [7, 11) is 0. The first-order valence-corrected chi connectivity index (χ1v) is 12.7. The van der Waals surface area contributed by atoms with Crippen LogP contribution >= 0.6 is 11.6 Å². The summed E-state index contributed by atoms with van der Waals surface area (Å²) in [4.78, 5) is 17.5. The Bertz CT molecular complexity index is 1310. The molecule has 2 aromatic carbocycles. The van der Waals surface area contributed by atoms with Gasteiger partial charge in [0.1, 0.15) is 17.1 Å². The van der Waals surface area contributed by atoms with Gasteiger partial charge in [0.25, 0.3) is 0 Å². The molecule has 0 aliphatic heterocycles. The first-order chi connectivity index (χ1) is 19.1. The van der Waals surface area contributed by atoms with E-state index in [2.05, 4.69) is 20.4 Å². The third kappa shape index (κ3) is 8.29. The molecule has 6 nitrogen and oxygen atoms in total. The lowest BCUT2D eigenvalue weighted by molar-refractivity contribution is -0.253. The van der Waals surface area contributed by atoms with Gasteiger partial charge in [-0.15, -0.1) is 0 Å². The summed E-state index contributed by atoms with van der Waals surface area (Å²) in [6.07, 6.45) is -5.44. The van der Waals surface area contributed by atoms with E-state index in [1.165, 1.54) is 18.3 Å². The Kier molecular flexibility index (Phi) is 10.7. The number of amides is 2. The molecular weight excluding hydrogens is 555 g/mol. The summed E-state index contributed by atoms with van der Waals surface area (Å²) in [6, 6.07) is 15.5. The smallest absolute Gasteiger partial charge is 0.428 e. The molecule has 40 heavy (non-hydrogen) atoms. The van der Waals surface area contributed by atoms with Crippen LogP contribution in [0.2, 0.25) is 5.02 Å². The number of nitrogens with one attached hydrogen (secondary N) is 2. The number of hydrogen-bond donors (Lipinski definition) is 2. The Labute approximate surface area is 233 Å². The molecule has 1 heterocycles. The maximum atomic E-state index is 14.8. The molecule has 0 saturated heterocycles. The van der Waals surface area contributed by atoms with Crippen molar-refractivity contribution in [1.82, 2.24) is 15.6 Å². The van der Waals surface area contributed by atoms with Gasteiger partial charge in [-0.05, 0) is 48.2 Å². The monoisotopic (exact) mass is 580 g/mol. The zero-order valence-electron chi connectivity index (χ0n) is 21.1. The molecule has 3 rings (SSSR count). The van der Waals surface area contributed by atoms with Crippen LogP contribution in [0.1, 0.15) is 42.5 Å². The molecule has 1 atom stereocenters. The summed E-state index contributed by atoms with van der Waals surface area (Å²) in [5.74, 6) is -1.94. The number of ether oxygens (including phenoxy) is 1. The van der Waals surface area contributed by atoms with Crippen LogP contribution in [0, 0.1) is 17.1 Å². The largest absolute Gasteiger partial charge is 0.461 e. The number of urea groups is 1. The minimum absolute atomic E-state index is 0.0355. The van der Waals surface area contributed by atoms with Gasteiger partial charge in [0.2, 0.25) is 0 Å². The van der Waals surface area contributed by atoms with Crippen LogP contribution < -0.4 is 15.4 Å². The fraction of sp³-hybridized carbons (Fsp3) is 0.321. The van der Waals surface area contributed by atoms with Crippen molar-refractivity contribution in [3.05, 3.63) is 94.5 Å². The van der Waals surface area contributed by atoms with Crippen molar-refractivity contribution >= 4 is 17.6 Å². The van der Waals surface area contributed by atoms with Gasteiger partial charge in [-0.1, -0.05) is 48.4 Å². The Morgan fingerprint density at radius 2 is 1.82 bits per heavy atom. The zero-order valence-corrected chi connectivity index (χ0v) is 21.9. The van der Waals surface area contributed by atoms with E-state index in [0.717, 1.165) is 12.1 Å². The summed E-state index contributed by atoms with van der Waals surface area (Å²) >= 11 is 6.03. The second kappa shape index (κ2) is 13.9. The molecule has 0 aliphatic carbocycles. The standard InChI is InChI=1S/C28H26ClF5N4O2/c29-21-10-11-24(37-18-21)27(17-19-8-4-3-5-9-19,38-26(39)36-13-7-2-1-6-12-35)20-14-22(30)16-23(15-20)40-28(33,34)25(31)32/h3-5,8-11,14-16,18,25H,1-2,6-7,13,17H2,(H2,36,38,39). The van der Waals surface area contributed by atoms with Gasteiger partial charge < -0.3 is 15.4 Å². The number of pyridine rings is 1. The average Bonchev–Trinajstić information content (AvgIpc) is 2.90. The summed E-state index contributed by atoms with van der Waals surface area (Å²) in [5.41, 5.74) is -0.949. The van der Waals surface area contributed by atoms with Crippen molar-refractivity contribution in [1.29, 1.82) is 5.26 Å². The number of nitrogens with zero attached hydrogens (tertiary/aromatic N) is 2. The van der Waals surface area contributed by atoms with Crippen molar-refractivity contribution in [2.45, 2.75) is 50.2 Å². The number of halogens is 6. The van der Waals surface area contributed by atoms with Crippen molar-refractivity contribution in [3.63, 3.8) is 0 Å². The van der Waals surface area contributed by atoms with Crippen LogP contribution in [-0.2, 0) is 12.0 Å². The third-order valence-corrected chi connectivity index (χ3v) is 6.15. The van der Waals surface area contributed by atoms with E-state index in [1.807, 2.05) is 6.07 Å². The number of nitriles is 1. The van der Waals surface area contributed by atoms with Gasteiger partial charge in [0.15, 0.2) is 0 Å². The summed E-state index contributed by atoms with van der Waals surface area (Å²) in [5, 5.41) is 14.4. The van der Waals surface area contributed by atoms with Crippen LogP contribution in [0.5, 0.6) is 5.75 Å². The topological polar surface area (TPSA) is 87.0 Å². The highest BCUT2D eigenvalue weighted by molar-refractivity contribution is 6.30. The highest BCUT2D eigenvalue weighted by Crippen LogP contribution is 2.37. The number of unbranched alkanes of at least 4 members (excludes halogenated alkanes) is 3. The molecule has 2 amide bonds. The molecule has 0 spiro atoms. The number of rotatable bonds is 13. The van der Waals surface area contributed by atoms with Gasteiger partial charge in [-0.25, -0.2) is 9.18 Å². The summed E-state index contributed by atoms with van der Waals surface area (Å²) in [6.45, 7) is 0.255. The van der Waals surface area contributed by atoms with Gasteiger partial charge >= 0.3 is 18.6 Å². The van der Waals surface area contributed by atoms with Crippen molar-refractivity contribution in [2.24, 2.45) is 0 Å². The molecule has 1 aromatic heterocycles. The first kappa shape index (κ1) is 30.6. The number of alkyl halides is 4. The maximum absolute atomic E-state index is 14.8. The number of carbonyl (C=O) groups excluding carboxylic acids is 1. The minimum Gasteiger partial charge on any atom is -0.428 e. The van der Waals surface area contributed by atoms with Crippen molar-refractivity contribution in [3.8, 4) is 11.8 Å². The number of benzene rings is 2. The van der Waals surface area contributed by atoms with Gasteiger partial charge in [0.05, 0.1) is 16.8 Å². The van der Waals surface area contributed by atoms with Gasteiger partial charge in [-0.2, -0.15) is 22.8 Å². The van der Waals surface area contributed by atoms with E-state index >= 15 is 0 Å². The van der Waals surface area contributed by atoms with Crippen LogP contribution in [0.3, 0.4) is 0 Å². The number of aromatic nitrogens is 1. The first-order valence-electron chi connectivity index (χ1n) is 12.3. The highest BCUT2D eigenvalue weighted by atomic mass is 35.5. The van der Waals surface area contributed by atoms with Crippen LogP contribution in [-0.4, -0.2) is 30.1 Å². The van der Waals surface area contributed by atoms with Gasteiger partial charge in [0, 0.05) is 31.6 Å². The Hall–Kier alpha value is -3.91. The lowest BCUT2D eigenvalue weighted by Gasteiger charge is -2.36. The van der Waals surface area contributed by atoms with Crippen molar-refractivity contribution in [2.75, 3.05) is 6.54 Å². The SMILES string of the molecule is N#CCCCCCNC(=O)NC(Cc1ccccc1)(c1cc(F)cc(OC(F)(F)C(F)F)c1)c1ccc(Cl)cn1. The van der Waals surface area contributed by atoms with Crippen LogP contribution in [0.15, 0.2) is 66.9 Å². The maximum Gasteiger partial charge on any atom is 0.461 e. The lowest BCUT2D eigenvalue weighted by atomic mass is 9.80. The van der Waals surface area contributed by atoms with E-state index in [4.69, 9.17) is 16.9 Å². The quantitative estimate of drug-likeness (QED) is 0.169. The molecule has 0 bridgehead atoms. The third-order valence-electron chi connectivity index (χ3n) is 5.93. The zero-order chi connectivity index (χ0) is 29.2. The Morgan fingerprint density at radius 3 is 2.48 bits per heavy atom. The Morgan fingerprint density at radius 1 is 1.07 bits per heavy atom. The molecule has 12 heteroatoms. The van der Waals surface area contributed by atoms with E-state index in [9.17, 15) is 26.7 Å². The summed E-state index contributed by atoms with van der Waals surface area (Å²) < 4.78 is 72.2. The molecule has 0 fully saturated rings. The molecule has 0 radical (unpaired) electrons. The number of carbonyl (C=O) groups is 1. The second-order valence-corrected chi connectivity index (χ2v) is 9.36. The molecule has 212 valence electrons. The minimum atomic E-state index is -4.89. The fourth-order valence-corrected chi connectivity index (χ4v) is 4.18. The molecule has 2 N–H and O–H groups in total. The molecular formula is C28H26ClF5N4O2. The predicted molar refractivity (Wildman–Crippen MR) is 139 cm³/mol. The van der Waals surface area contributed by atoms with Crippen LogP contribution in [0.4, 0.5) is 26.7 Å². The molecule has 0 aliphatic rings. The van der Waals surface area contributed by atoms with E-state index < -0.39 is 35.7 Å². The highest BCUT2D eigenvalue weighted by Gasteiger charge is 2.45. The van der Waals surface area contributed by atoms with E-state index in [0.29, 0.717) is 37.3 Å². The molecule has 1 unspecified atom stereocenters. The predicted octanol–water partition coefficient (Wildman–Crippen LogP) is 6.98. The normalized spacial score (nSPS) is 12.8. The second-order valence-electron chi connectivity index (χ2n) is 8.92.